The van der Waals surface area contributed by atoms with E-state index in [9.17, 15) is 9.59 Å². The van der Waals surface area contributed by atoms with Gasteiger partial charge >= 0.3 is 0 Å². The Bertz CT molecular complexity index is 432. The number of carbonyl (C=O) groups is 2. The largest absolute Gasteiger partial charge is 0.378 e. The summed E-state index contributed by atoms with van der Waals surface area (Å²) in [5.41, 5.74) is 0. The number of carbonyl (C=O) groups excluding carboxylic acids is 2. The molecule has 0 unspecified atom stereocenters. The number of rotatable bonds is 11. The summed E-state index contributed by atoms with van der Waals surface area (Å²) in [6, 6.07) is 0. The lowest BCUT2D eigenvalue weighted by molar-refractivity contribution is -0.131. The van der Waals surface area contributed by atoms with E-state index in [1.165, 1.54) is 12.8 Å². The molecule has 0 spiro atoms. The second-order valence-corrected chi connectivity index (χ2v) is 7.93. The van der Waals surface area contributed by atoms with Gasteiger partial charge in [-0.2, -0.15) is 0 Å². The molecule has 2 atom stereocenters. The van der Waals surface area contributed by atoms with E-state index in [2.05, 4.69) is 5.32 Å². The summed E-state index contributed by atoms with van der Waals surface area (Å²) in [6.07, 6.45) is 12.0. The van der Waals surface area contributed by atoms with Crippen molar-refractivity contribution in [2.75, 3.05) is 33.4 Å². The molecule has 1 N–H and O–H groups in total. The van der Waals surface area contributed by atoms with E-state index in [1.807, 2.05) is 11.9 Å². The van der Waals surface area contributed by atoms with E-state index in [0.29, 0.717) is 19.4 Å². The Labute approximate surface area is 164 Å². The fourth-order valence-corrected chi connectivity index (χ4v) is 3.75. The Hall–Kier alpha value is -1.14. The third kappa shape index (κ3) is 9.56. The molecule has 6 heteroatoms. The van der Waals surface area contributed by atoms with Crippen LogP contribution in [0.5, 0.6) is 0 Å². The number of hydrogen-bond acceptors (Lipinski definition) is 4. The number of amides is 2. The van der Waals surface area contributed by atoms with Crippen LogP contribution in [0.1, 0.15) is 77.0 Å². The molecule has 0 aromatic carbocycles. The van der Waals surface area contributed by atoms with Crippen molar-refractivity contribution >= 4 is 11.8 Å². The van der Waals surface area contributed by atoms with Gasteiger partial charge in [-0.1, -0.05) is 0 Å². The Morgan fingerprint density at radius 1 is 0.926 bits per heavy atom. The Balaban J connectivity index is 1.44. The smallest absolute Gasteiger partial charge is 0.222 e. The molecule has 2 fully saturated rings. The van der Waals surface area contributed by atoms with E-state index in [0.717, 1.165) is 71.1 Å². The van der Waals surface area contributed by atoms with Crippen LogP contribution >= 0.6 is 0 Å². The Kier molecular flexibility index (Phi) is 10.8. The van der Waals surface area contributed by atoms with Gasteiger partial charge in [-0.05, 0) is 64.2 Å². The molecule has 2 amide bonds. The van der Waals surface area contributed by atoms with Crippen molar-refractivity contribution < 1.29 is 19.1 Å². The third-order valence-electron chi connectivity index (χ3n) is 5.59. The molecule has 2 rings (SSSR count). The van der Waals surface area contributed by atoms with Crippen molar-refractivity contribution in [2.24, 2.45) is 0 Å². The van der Waals surface area contributed by atoms with Gasteiger partial charge in [-0.15, -0.1) is 0 Å². The number of hydrogen-bond donors (Lipinski definition) is 1. The van der Waals surface area contributed by atoms with Crippen molar-refractivity contribution in [3.63, 3.8) is 0 Å². The molecule has 0 radical (unpaired) electrons. The zero-order valence-electron chi connectivity index (χ0n) is 17.0. The van der Waals surface area contributed by atoms with E-state index in [4.69, 9.17) is 9.47 Å². The first-order valence-electron chi connectivity index (χ1n) is 10.9. The minimum absolute atomic E-state index is 0.112. The molecule has 2 aliphatic rings. The SMILES string of the molecule is CN(CCCCNC(=O)CC[C@H]1CCCCO1)C(=O)CC[C@H]1CCCCO1. The van der Waals surface area contributed by atoms with Crippen LogP contribution in [0.15, 0.2) is 0 Å². The van der Waals surface area contributed by atoms with Gasteiger partial charge in [-0.25, -0.2) is 0 Å². The van der Waals surface area contributed by atoms with E-state index < -0.39 is 0 Å². The lowest BCUT2D eigenvalue weighted by Crippen LogP contribution is -2.30. The molecule has 6 nitrogen and oxygen atoms in total. The first kappa shape index (κ1) is 22.2. The van der Waals surface area contributed by atoms with Crippen molar-refractivity contribution in [1.82, 2.24) is 10.2 Å². The van der Waals surface area contributed by atoms with Crippen LogP contribution in [-0.2, 0) is 19.1 Å². The molecule has 2 aliphatic heterocycles. The zero-order chi connectivity index (χ0) is 19.3. The van der Waals surface area contributed by atoms with Gasteiger partial charge in [0.2, 0.25) is 11.8 Å². The molecule has 27 heavy (non-hydrogen) atoms. The molecule has 0 aromatic rings. The van der Waals surface area contributed by atoms with Crippen molar-refractivity contribution in [2.45, 2.75) is 89.3 Å². The Morgan fingerprint density at radius 2 is 1.56 bits per heavy atom. The van der Waals surface area contributed by atoms with Gasteiger partial charge in [0.25, 0.3) is 0 Å². The second-order valence-electron chi connectivity index (χ2n) is 7.93. The topological polar surface area (TPSA) is 67.9 Å². The van der Waals surface area contributed by atoms with Gasteiger partial charge < -0.3 is 19.7 Å². The first-order chi connectivity index (χ1) is 13.1. The monoisotopic (exact) mass is 382 g/mol. The maximum Gasteiger partial charge on any atom is 0.222 e. The van der Waals surface area contributed by atoms with E-state index in [1.54, 1.807) is 0 Å². The number of ether oxygens (including phenoxy) is 2. The van der Waals surface area contributed by atoms with Crippen LogP contribution in [0, 0.1) is 0 Å². The number of unbranched alkanes of at least 4 members (excludes halogenated alkanes) is 1. The summed E-state index contributed by atoms with van der Waals surface area (Å²) in [7, 11) is 1.87. The van der Waals surface area contributed by atoms with Crippen molar-refractivity contribution in [1.29, 1.82) is 0 Å². The molecular weight excluding hydrogens is 344 g/mol. The standard InChI is InChI=1S/C21H38N2O4/c1-23(21(25)13-11-19-9-3-7-17-27-19)15-5-4-14-22-20(24)12-10-18-8-2-6-16-26-18/h18-19H,2-17H2,1H3,(H,22,24)/t18-,19-/m1/s1. The van der Waals surface area contributed by atoms with Crippen molar-refractivity contribution in [3.8, 4) is 0 Å². The molecule has 0 saturated carbocycles. The summed E-state index contributed by atoms with van der Waals surface area (Å²) < 4.78 is 11.3. The fraction of sp³-hybridized carbons (Fsp3) is 0.905. The number of nitrogens with zero attached hydrogens (tertiary/aromatic N) is 1. The molecule has 0 aliphatic carbocycles. The molecular formula is C21H38N2O4. The average Bonchev–Trinajstić information content (AvgIpc) is 2.71. The molecule has 0 aromatic heterocycles. The lowest BCUT2D eigenvalue weighted by atomic mass is 10.0. The van der Waals surface area contributed by atoms with Crippen molar-refractivity contribution in [3.05, 3.63) is 0 Å². The second kappa shape index (κ2) is 13.1. The molecule has 156 valence electrons. The van der Waals surface area contributed by atoms with Crippen LogP contribution in [-0.4, -0.2) is 62.3 Å². The summed E-state index contributed by atoms with van der Waals surface area (Å²) in [5, 5.41) is 2.98. The van der Waals surface area contributed by atoms with Gasteiger partial charge in [0, 0.05) is 46.2 Å². The molecule has 2 saturated heterocycles. The highest BCUT2D eigenvalue weighted by Gasteiger charge is 2.17. The normalized spacial score (nSPS) is 23.0. The van der Waals surface area contributed by atoms with Gasteiger partial charge in [0.15, 0.2) is 0 Å². The van der Waals surface area contributed by atoms with Gasteiger partial charge in [0.1, 0.15) is 0 Å². The van der Waals surface area contributed by atoms with Crippen LogP contribution in [0.3, 0.4) is 0 Å². The minimum atomic E-state index is 0.112. The average molecular weight is 383 g/mol. The quantitative estimate of drug-likeness (QED) is 0.558. The molecule has 2 heterocycles. The summed E-state index contributed by atoms with van der Waals surface area (Å²) in [5.74, 6) is 0.307. The highest BCUT2D eigenvalue weighted by atomic mass is 16.5. The summed E-state index contributed by atoms with van der Waals surface area (Å²) in [6.45, 7) is 3.11. The maximum atomic E-state index is 12.2. The predicted molar refractivity (Wildman–Crippen MR) is 106 cm³/mol. The van der Waals surface area contributed by atoms with E-state index >= 15 is 0 Å². The highest BCUT2D eigenvalue weighted by molar-refractivity contribution is 5.76. The Morgan fingerprint density at radius 3 is 2.15 bits per heavy atom. The van der Waals surface area contributed by atoms with Crippen LogP contribution in [0.4, 0.5) is 0 Å². The fourth-order valence-electron chi connectivity index (χ4n) is 3.75. The highest BCUT2D eigenvalue weighted by Crippen LogP contribution is 2.18. The predicted octanol–water partition coefficient (Wildman–Crippen LogP) is 3.04. The van der Waals surface area contributed by atoms with Gasteiger partial charge in [-0.3, -0.25) is 9.59 Å². The van der Waals surface area contributed by atoms with E-state index in [-0.39, 0.29) is 24.0 Å². The van der Waals surface area contributed by atoms with Gasteiger partial charge in [0.05, 0.1) is 12.2 Å². The first-order valence-corrected chi connectivity index (χ1v) is 10.9. The lowest BCUT2D eigenvalue weighted by Gasteiger charge is -2.23. The summed E-state index contributed by atoms with van der Waals surface area (Å²) >= 11 is 0. The van der Waals surface area contributed by atoms with Crippen LogP contribution in [0.25, 0.3) is 0 Å². The van der Waals surface area contributed by atoms with Crippen LogP contribution < -0.4 is 5.32 Å². The van der Waals surface area contributed by atoms with Crippen LogP contribution in [0.2, 0.25) is 0 Å². The summed E-state index contributed by atoms with van der Waals surface area (Å²) in [4.78, 5) is 25.9. The number of nitrogens with one attached hydrogen (secondary N) is 1. The third-order valence-corrected chi connectivity index (χ3v) is 5.59. The minimum Gasteiger partial charge on any atom is -0.378 e. The molecule has 0 bridgehead atoms. The zero-order valence-corrected chi connectivity index (χ0v) is 17.0. The maximum absolute atomic E-state index is 12.2.